The molecule has 0 amide bonds. The molecule has 2 aliphatic rings. The van der Waals surface area contributed by atoms with Crippen LogP contribution in [0.5, 0.6) is 5.75 Å². The van der Waals surface area contributed by atoms with Crippen molar-refractivity contribution in [2.45, 2.75) is 25.0 Å². The van der Waals surface area contributed by atoms with E-state index in [2.05, 4.69) is 23.5 Å². The Kier molecular flexibility index (Phi) is 2.28. The Hall–Kier alpha value is -2.03. The van der Waals surface area contributed by atoms with Gasteiger partial charge in [0.2, 0.25) is 0 Å². The largest absolute Gasteiger partial charge is 0.481 e. The molecule has 3 heteroatoms. The predicted molar refractivity (Wildman–Crippen MR) is 71.9 cm³/mol. The van der Waals surface area contributed by atoms with Crippen LogP contribution in [0.4, 0.5) is 10.1 Å². The van der Waals surface area contributed by atoms with Crippen molar-refractivity contribution in [2.24, 2.45) is 0 Å². The predicted octanol–water partition coefficient (Wildman–Crippen LogP) is 3.69. The molecule has 1 heterocycles. The van der Waals surface area contributed by atoms with Crippen molar-refractivity contribution in [1.29, 1.82) is 0 Å². The molecule has 0 aromatic heterocycles. The topological polar surface area (TPSA) is 21.3 Å². The van der Waals surface area contributed by atoms with Crippen LogP contribution in [0.2, 0.25) is 0 Å². The van der Waals surface area contributed by atoms with Crippen molar-refractivity contribution in [1.82, 2.24) is 0 Å². The van der Waals surface area contributed by atoms with E-state index in [0.29, 0.717) is 5.75 Å². The summed E-state index contributed by atoms with van der Waals surface area (Å²) in [5.74, 6) is 0.348. The molecular weight excluding hydrogens is 241 g/mol. The van der Waals surface area contributed by atoms with Gasteiger partial charge in [0.1, 0.15) is 17.7 Å². The average molecular weight is 255 g/mol. The second kappa shape index (κ2) is 3.98. The zero-order chi connectivity index (χ0) is 12.8. The lowest BCUT2D eigenvalue weighted by Crippen LogP contribution is -2.38. The summed E-state index contributed by atoms with van der Waals surface area (Å²) in [5, 5.41) is 3.48. The van der Waals surface area contributed by atoms with Crippen LogP contribution in [-0.2, 0) is 6.42 Å². The van der Waals surface area contributed by atoms with Gasteiger partial charge < -0.3 is 10.1 Å². The summed E-state index contributed by atoms with van der Waals surface area (Å²) in [5.41, 5.74) is 3.45. The minimum atomic E-state index is -0.261. The quantitative estimate of drug-likeness (QED) is 0.775. The number of benzene rings is 2. The summed E-state index contributed by atoms with van der Waals surface area (Å²) in [7, 11) is 0. The van der Waals surface area contributed by atoms with Crippen LogP contribution in [-0.4, -0.2) is 6.04 Å². The first-order valence-corrected chi connectivity index (χ1v) is 6.62. The zero-order valence-electron chi connectivity index (χ0n) is 10.4. The Labute approximate surface area is 111 Å². The van der Waals surface area contributed by atoms with E-state index >= 15 is 0 Å². The number of nitrogens with one attached hydrogen (secondary N) is 1. The summed E-state index contributed by atoms with van der Waals surface area (Å²) in [6.07, 6.45) is 2.09. The second-order valence-corrected chi connectivity index (χ2v) is 5.17. The van der Waals surface area contributed by atoms with E-state index in [-0.39, 0.29) is 18.0 Å². The maximum Gasteiger partial charge on any atom is 0.146 e. The first kappa shape index (κ1) is 10.9. The number of hydrogen-bond acceptors (Lipinski definition) is 2. The lowest BCUT2D eigenvalue weighted by atomic mass is 9.85. The van der Waals surface area contributed by atoms with Gasteiger partial charge in [-0.2, -0.15) is 0 Å². The Balaban J connectivity index is 1.78. The Morgan fingerprint density at radius 2 is 2.05 bits per heavy atom. The molecule has 2 aromatic rings. The van der Waals surface area contributed by atoms with Gasteiger partial charge in [0.15, 0.2) is 0 Å². The van der Waals surface area contributed by atoms with E-state index in [1.54, 1.807) is 6.07 Å². The van der Waals surface area contributed by atoms with E-state index in [4.69, 9.17) is 4.74 Å². The molecule has 0 saturated heterocycles. The second-order valence-electron chi connectivity index (χ2n) is 5.17. The number of anilines is 1. The maximum atomic E-state index is 13.3. The molecule has 4 rings (SSSR count). The molecule has 0 fully saturated rings. The van der Waals surface area contributed by atoms with Crippen LogP contribution in [0.25, 0.3) is 0 Å². The minimum absolute atomic E-state index is 0.0146. The molecular formula is C16H14FNO. The van der Waals surface area contributed by atoms with Gasteiger partial charge in [0.05, 0.1) is 11.7 Å². The van der Waals surface area contributed by atoms with E-state index in [9.17, 15) is 4.39 Å². The third-order valence-electron chi connectivity index (χ3n) is 3.99. The third kappa shape index (κ3) is 1.69. The summed E-state index contributed by atoms with van der Waals surface area (Å²) in [4.78, 5) is 0. The van der Waals surface area contributed by atoms with Crippen molar-refractivity contribution >= 4 is 5.69 Å². The van der Waals surface area contributed by atoms with Crippen LogP contribution < -0.4 is 10.1 Å². The van der Waals surface area contributed by atoms with Gasteiger partial charge >= 0.3 is 0 Å². The molecule has 0 saturated carbocycles. The molecule has 0 spiro atoms. The minimum Gasteiger partial charge on any atom is -0.481 e. The summed E-state index contributed by atoms with van der Waals surface area (Å²) >= 11 is 0. The van der Waals surface area contributed by atoms with E-state index < -0.39 is 0 Å². The molecule has 2 nitrogen and oxygen atoms in total. The van der Waals surface area contributed by atoms with Crippen molar-refractivity contribution in [3.63, 3.8) is 0 Å². The standard InChI is InChI=1S/C16H14FNO/c17-11-6-8-13-15(9-11)19-16-12-4-2-1-3-10(12)5-7-14(16)18-13/h1-4,6,8-9,14,16,18H,5,7H2. The smallest absolute Gasteiger partial charge is 0.146 e. The summed E-state index contributed by atoms with van der Waals surface area (Å²) in [6, 6.07) is 13.3. The van der Waals surface area contributed by atoms with E-state index in [1.165, 1.54) is 23.3 Å². The van der Waals surface area contributed by atoms with E-state index in [0.717, 1.165) is 18.5 Å². The average Bonchev–Trinajstić information content (AvgIpc) is 2.45. The fraction of sp³-hybridized carbons (Fsp3) is 0.250. The molecule has 96 valence electrons. The molecule has 2 atom stereocenters. The monoisotopic (exact) mass is 255 g/mol. The van der Waals surface area contributed by atoms with Crippen LogP contribution in [0.15, 0.2) is 42.5 Å². The molecule has 2 unspecified atom stereocenters. The first-order valence-electron chi connectivity index (χ1n) is 6.62. The summed E-state index contributed by atoms with van der Waals surface area (Å²) < 4.78 is 19.3. The SMILES string of the molecule is Fc1ccc2c(c1)OC1c3ccccc3CCC1N2. The molecule has 1 aliphatic heterocycles. The molecule has 1 N–H and O–H groups in total. The highest BCUT2D eigenvalue weighted by atomic mass is 19.1. The highest BCUT2D eigenvalue weighted by molar-refractivity contribution is 5.60. The number of aryl methyl sites for hydroxylation is 1. The summed E-state index contributed by atoms with van der Waals surface area (Å²) in [6.45, 7) is 0. The van der Waals surface area contributed by atoms with Crippen LogP contribution in [0.1, 0.15) is 23.7 Å². The number of ether oxygens (including phenoxy) is 1. The molecule has 1 aliphatic carbocycles. The highest BCUT2D eigenvalue weighted by Crippen LogP contribution is 2.42. The fourth-order valence-electron chi connectivity index (χ4n) is 3.06. The number of fused-ring (bicyclic) bond motifs is 4. The normalized spacial score (nSPS) is 23.4. The van der Waals surface area contributed by atoms with Gasteiger partial charge in [-0.1, -0.05) is 24.3 Å². The zero-order valence-corrected chi connectivity index (χ0v) is 10.4. The Morgan fingerprint density at radius 1 is 1.16 bits per heavy atom. The van der Waals surface area contributed by atoms with Gasteiger partial charge in [-0.05, 0) is 36.1 Å². The van der Waals surface area contributed by atoms with Gasteiger partial charge in [0, 0.05) is 6.07 Å². The number of rotatable bonds is 0. The molecule has 2 aromatic carbocycles. The number of halogens is 1. The van der Waals surface area contributed by atoms with Gasteiger partial charge in [-0.3, -0.25) is 0 Å². The van der Waals surface area contributed by atoms with Gasteiger partial charge in [0.25, 0.3) is 0 Å². The van der Waals surface area contributed by atoms with Crippen molar-refractivity contribution in [2.75, 3.05) is 5.32 Å². The molecule has 0 radical (unpaired) electrons. The first-order chi connectivity index (χ1) is 9.31. The van der Waals surface area contributed by atoms with Crippen LogP contribution in [0, 0.1) is 5.82 Å². The third-order valence-corrected chi connectivity index (χ3v) is 3.99. The molecule has 0 bridgehead atoms. The van der Waals surface area contributed by atoms with Crippen molar-refractivity contribution < 1.29 is 9.13 Å². The van der Waals surface area contributed by atoms with Gasteiger partial charge in [-0.25, -0.2) is 4.39 Å². The fourth-order valence-corrected chi connectivity index (χ4v) is 3.06. The Bertz CT molecular complexity index is 640. The number of hydrogen-bond donors (Lipinski definition) is 1. The van der Waals surface area contributed by atoms with Gasteiger partial charge in [-0.15, -0.1) is 0 Å². The van der Waals surface area contributed by atoms with Crippen molar-refractivity contribution in [3.05, 3.63) is 59.4 Å². The highest BCUT2D eigenvalue weighted by Gasteiger charge is 2.35. The lowest BCUT2D eigenvalue weighted by Gasteiger charge is -2.39. The maximum absolute atomic E-state index is 13.3. The molecule has 19 heavy (non-hydrogen) atoms. The Morgan fingerprint density at radius 3 is 3.00 bits per heavy atom. The van der Waals surface area contributed by atoms with E-state index in [1.807, 2.05) is 6.07 Å². The van der Waals surface area contributed by atoms with Crippen molar-refractivity contribution in [3.8, 4) is 5.75 Å². The van der Waals surface area contributed by atoms with Crippen LogP contribution in [0.3, 0.4) is 0 Å². The van der Waals surface area contributed by atoms with Crippen LogP contribution >= 0.6 is 0 Å². The lowest BCUT2D eigenvalue weighted by molar-refractivity contribution is 0.157.